The lowest BCUT2D eigenvalue weighted by Crippen LogP contribution is -2.49. The number of aliphatic hydroxyl groups excluding tert-OH is 2. The van der Waals surface area contributed by atoms with Gasteiger partial charge in [-0.2, -0.15) is 27.1 Å². The number of nitrogens with one attached hydrogen (secondary N) is 4. The van der Waals surface area contributed by atoms with E-state index in [2.05, 4.69) is 90.8 Å². The van der Waals surface area contributed by atoms with Crippen molar-refractivity contribution in [2.24, 2.45) is 5.92 Å². The Morgan fingerprint density at radius 3 is 1.16 bits per heavy atom. The highest BCUT2D eigenvalue weighted by Gasteiger charge is 2.70. The number of methoxy groups -OCH3 is 2. The first kappa shape index (κ1) is 99.8. The average molecular weight is 2030 g/mol. The fraction of sp³-hybridized carbons (Fsp3) is 0.306. The standard InChI is InChI=1S/C60H55BFN11O11P.C38H35BFN11O10P/c1-37-45(82-57(46(37)62)72-35-68-47-51(64-33-66-53(47)72)70-55(74)38-14-8-5-9-15-38)30-81-85(61,80-29-28-63-2)84-50-49-58(73-36-69-48-52(65-34-67-54(48)73)71-56(75)39-16-10-6-11-17-39)83-59(50,31-78-49)32-79-60(40-18-12-7-13-19-40,41-20-24-43(76-3)25-21-41)42-22-26-44(77-4)27-23-42;1-41-12-13-57-62(39,58-14-23-27(53)24(40)36(59-23)50-19-46-25-30(42-17-44-32(25)50)48-34(54)21-8-4-2-5-9-21)61-29-28-37(60-38(29,15-52)16-56-28)51-20-47-26-31(43-18-45-33(26)51)49-35(55)22-10-6-3-7-11-22/h5-27,33-37,45-46,49-50,57-58H,28-32H2,1,3-4H3,(H,64,66,70,74)(H,65,67,71,75);2-11,17-20,23-24,27-29,36-37,52-53H,12-16H2,(H,42,44,48,54)(H,43,45,49,55)/q2*+1/t37?,45-,46+,49?,50-,57-,58-,59-,85?;23-,24+,27?,28?,29-,36-,37-,38+,62?/m11/s1. The van der Waals surface area contributed by atoms with E-state index < -0.39 is 155 Å². The van der Waals surface area contributed by atoms with E-state index >= 15 is 8.78 Å². The second-order valence-electron chi connectivity index (χ2n) is 34.6. The van der Waals surface area contributed by atoms with Crippen molar-refractivity contribution in [3.8, 4) is 11.5 Å². The number of rotatable bonds is 37. The van der Waals surface area contributed by atoms with Crippen molar-refractivity contribution in [3.63, 3.8) is 0 Å². The fourth-order valence-corrected chi connectivity index (χ4v) is 21.3. The quantitative estimate of drug-likeness (QED) is 0.00692. The molecule has 43 nitrogen and oxygen atoms in total. The van der Waals surface area contributed by atoms with Gasteiger partial charge in [-0.05, 0) is 89.5 Å². The van der Waals surface area contributed by atoms with Crippen molar-refractivity contribution in [2.75, 3.05) is 101 Å². The fourth-order valence-electron chi connectivity index (χ4n) is 18.3. The normalized spacial score (nSPS) is 24.1. The maximum absolute atomic E-state index is 16.7. The second-order valence-corrected chi connectivity index (χ2v) is 38.3. The zero-order valence-corrected chi connectivity index (χ0v) is 80.1. The van der Waals surface area contributed by atoms with Crippen molar-refractivity contribution >= 4 is 122 Å². The van der Waals surface area contributed by atoms with Crippen molar-refractivity contribution in [1.82, 2.24) is 78.1 Å². The van der Waals surface area contributed by atoms with Crippen LogP contribution >= 0.6 is 15.6 Å². The number of hydrogen-bond donors (Lipinski definition) is 6. The number of ether oxygens (including phenoxy) is 9. The zero-order chi connectivity index (χ0) is 102. The number of amides is 4. The van der Waals surface area contributed by atoms with Gasteiger partial charge in [0.15, 0.2) is 142 Å². The summed E-state index contributed by atoms with van der Waals surface area (Å²) >= 11 is 0. The highest BCUT2D eigenvalue weighted by Crippen LogP contribution is 2.66. The molecular formula is C98H90B2F2N22O21P2+2. The molecule has 15 aromatic rings. The lowest BCUT2D eigenvalue weighted by atomic mass is 9.79. The summed E-state index contributed by atoms with van der Waals surface area (Å²) in [4.78, 5) is 112. The minimum Gasteiger partial charge on any atom is -0.497 e. The number of fused-ring (bicyclic) bond motifs is 8. The Balaban J connectivity index is 0.000000187. The lowest BCUT2D eigenvalue weighted by Gasteiger charge is -2.40. The molecule has 21 rings (SSSR count). The first-order valence-corrected chi connectivity index (χ1v) is 49.4. The molecule has 4 amide bonds. The van der Waals surface area contributed by atoms with Crippen LogP contribution in [0.5, 0.6) is 11.5 Å². The van der Waals surface area contributed by atoms with Gasteiger partial charge in [0.25, 0.3) is 23.6 Å². The van der Waals surface area contributed by atoms with Crippen LogP contribution < -0.4 is 30.7 Å². The summed E-state index contributed by atoms with van der Waals surface area (Å²) < 4.78 is 134. The van der Waals surface area contributed by atoms with Crippen molar-refractivity contribution in [1.29, 1.82) is 0 Å². The van der Waals surface area contributed by atoms with Crippen molar-refractivity contribution < 1.29 is 108 Å². The summed E-state index contributed by atoms with van der Waals surface area (Å²) in [6.45, 7) is 14.0. The number of alkyl halides is 2. The van der Waals surface area contributed by atoms with Gasteiger partial charge in [0.2, 0.25) is 13.1 Å². The number of carbonyl (C=O) groups excluding carboxylic acids is 4. The summed E-state index contributed by atoms with van der Waals surface area (Å²) in [6, 6.07) is 59.1. The highest BCUT2D eigenvalue weighted by molar-refractivity contribution is 7.86. The molecule has 49 heteroatoms. The predicted octanol–water partition coefficient (Wildman–Crippen LogP) is 11.5. The van der Waals surface area contributed by atoms with Crippen LogP contribution in [0.25, 0.3) is 54.3 Å². The number of aromatic nitrogens is 16. The molecule has 746 valence electrons. The van der Waals surface area contributed by atoms with Crippen LogP contribution in [-0.4, -0.2) is 273 Å². The molecule has 147 heavy (non-hydrogen) atoms. The first-order valence-electron chi connectivity index (χ1n) is 46.1. The molecule has 0 aliphatic carbocycles. The summed E-state index contributed by atoms with van der Waals surface area (Å²) in [7, 11) is 8.98. The number of nitrogens with zero attached hydrogens (tertiary/aromatic N) is 18. The Morgan fingerprint density at radius 1 is 0.456 bits per heavy atom. The average Bonchev–Trinajstić information content (AvgIpc) is 1.51. The van der Waals surface area contributed by atoms with Crippen molar-refractivity contribution in [2.45, 2.75) is 104 Å². The van der Waals surface area contributed by atoms with E-state index in [0.29, 0.717) is 33.8 Å². The van der Waals surface area contributed by atoms with Gasteiger partial charge >= 0.3 is 30.8 Å². The van der Waals surface area contributed by atoms with Crippen LogP contribution in [0, 0.1) is 19.1 Å². The van der Waals surface area contributed by atoms with Crippen LogP contribution in [0.15, 0.2) is 251 Å². The number of anilines is 4. The third kappa shape index (κ3) is 19.8. The Bertz CT molecular complexity index is 7320. The van der Waals surface area contributed by atoms with E-state index in [9.17, 15) is 29.4 Å². The van der Waals surface area contributed by atoms with E-state index in [1.54, 1.807) is 146 Å². The molecule has 0 spiro atoms. The minimum absolute atomic E-state index is 0.0752. The Labute approximate surface area is 839 Å². The van der Waals surface area contributed by atoms with E-state index in [0.717, 1.165) is 16.7 Å². The van der Waals surface area contributed by atoms with Crippen LogP contribution in [0.3, 0.4) is 0 Å². The van der Waals surface area contributed by atoms with Gasteiger partial charge in [0, 0.05) is 28.2 Å². The molecule has 7 aromatic carbocycles. The third-order valence-corrected chi connectivity index (χ3v) is 28.9. The summed E-state index contributed by atoms with van der Waals surface area (Å²) in [5, 5.41) is 32.8. The largest absolute Gasteiger partial charge is 0.497 e. The second kappa shape index (κ2) is 42.9. The van der Waals surface area contributed by atoms with Gasteiger partial charge in [0.05, 0.1) is 72.1 Å². The molecule has 6 unspecified atom stereocenters. The monoisotopic (exact) mass is 2030 g/mol. The molecule has 6 aliphatic rings. The topological polar surface area (TPSA) is 478 Å². The molecule has 8 aromatic heterocycles. The van der Waals surface area contributed by atoms with Crippen LogP contribution in [0.4, 0.5) is 32.1 Å². The minimum atomic E-state index is -4.12. The highest BCUT2D eigenvalue weighted by atomic mass is 31.2. The zero-order valence-electron chi connectivity index (χ0n) is 78.3. The first-order chi connectivity index (χ1) is 71.6. The molecule has 4 radical (unpaired) electrons. The van der Waals surface area contributed by atoms with Gasteiger partial charge in [-0.25, -0.2) is 81.7 Å². The van der Waals surface area contributed by atoms with Crippen LogP contribution in [-0.2, 0) is 65.9 Å². The van der Waals surface area contributed by atoms with Gasteiger partial charge in [0.1, 0.15) is 80.0 Å². The Morgan fingerprint density at radius 2 is 0.789 bits per heavy atom. The van der Waals surface area contributed by atoms with E-state index in [1.165, 1.54) is 59.8 Å². The molecule has 6 N–H and O–H groups in total. The Kier molecular flexibility index (Phi) is 29.1. The predicted molar refractivity (Wildman–Crippen MR) is 524 cm³/mol. The SMILES string of the molecule is [B][P+](OCC[N+]#[C-])(OC[C@H]1O[C@@H](n2cnc3c(NC(=O)c4ccccc4)ncnc32)[C@@H](F)C1C)O[C@@H]1C2OC[C@]1(COC(c1ccccc1)(c1ccc(OC)cc1)c1ccc(OC)cc1)O[C@H]2n1cnc2c(NC(=O)c3ccccc3)ncnc21.[B][P+](OCC[N+]#[C-])(OC[C@H]1O[C@@H](n2cnc3c(NC(=O)c4ccccc4)ncnc32)[C@@H](F)C1O)O[C@@H]1C2OC[C@]1(CO)O[C@H]2n1cnc2c(NC(=O)c3ccccc3)ncnc21. The summed E-state index contributed by atoms with van der Waals surface area (Å²) in [5.74, 6) is -0.720. The van der Waals surface area contributed by atoms with Gasteiger partial charge in [-0.1, -0.05) is 134 Å². The number of carbonyl (C=O) groups is 4. The molecule has 6 saturated heterocycles. The van der Waals surface area contributed by atoms with Gasteiger partial charge in [-0.15, -0.1) is 0 Å². The molecule has 18 atom stereocenters. The molecule has 0 saturated carbocycles. The van der Waals surface area contributed by atoms with Crippen molar-refractivity contribution in [3.05, 3.63) is 313 Å². The van der Waals surface area contributed by atoms with Gasteiger partial charge in [-0.3, -0.25) is 37.4 Å². The van der Waals surface area contributed by atoms with E-state index in [4.69, 9.17) is 98.1 Å². The number of imidazole rings is 4. The van der Waals surface area contributed by atoms with Gasteiger partial charge < -0.3 is 83.8 Å². The van der Waals surface area contributed by atoms with E-state index in [1.807, 2.05) is 84.9 Å². The summed E-state index contributed by atoms with van der Waals surface area (Å²) in [5.41, 5.74) is 1.20. The number of halogens is 2. The molecule has 4 bridgehead atoms. The number of hydrogen-bond acceptors (Lipinski definition) is 33. The van der Waals surface area contributed by atoms with Crippen LogP contribution in [0.1, 0.15) is 90.0 Å². The summed E-state index contributed by atoms with van der Waals surface area (Å²) in [6.07, 6.45) is -6.10. The maximum atomic E-state index is 16.7. The smallest absolute Gasteiger partial charge is 0.488 e. The lowest BCUT2D eigenvalue weighted by molar-refractivity contribution is -0.202. The molecule has 6 aliphatic heterocycles. The van der Waals surface area contributed by atoms with E-state index in [-0.39, 0.29) is 121 Å². The number of benzene rings is 7. The Hall–Kier alpha value is -14.6. The van der Waals surface area contributed by atoms with Crippen LogP contribution in [0.2, 0.25) is 0 Å². The molecule has 14 heterocycles. The maximum Gasteiger partial charge on any atom is 0.488 e. The number of aliphatic hydroxyl groups is 2. The molecular weight excluding hydrogens is 1940 g/mol. The molecule has 6 fully saturated rings. The third-order valence-electron chi connectivity index (χ3n) is 25.8.